The summed E-state index contributed by atoms with van der Waals surface area (Å²) in [6.45, 7) is 0.596. The summed E-state index contributed by atoms with van der Waals surface area (Å²) in [4.78, 5) is 16.8. The van der Waals surface area contributed by atoms with Crippen molar-refractivity contribution in [3.8, 4) is 22.9 Å². The quantitative estimate of drug-likeness (QED) is 0.455. The van der Waals surface area contributed by atoms with Gasteiger partial charge in [-0.2, -0.15) is 9.29 Å². The molecule has 10 nitrogen and oxygen atoms in total. The Kier molecular flexibility index (Phi) is 6.61. The van der Waals surface area contributed by atoms with Crippen LogP contribution in [0.3, 0.4) is 0 Å². The van der Waals surface area contributed by atoms with Gasteiger partial charge in [0, 0.05) is 13.1 Å². The van der Waals surface area contributed by atoms with Crippen LogP contribution in [0.5, 0.6) is 11.5 Å². The molecule has 0 unspecified atom stereocenters. The van der Waals surface area contributed by atoms with Crippen LogP contribution in [-0.4, -0.2) is 56.1 Å². The number of carbonyl (C=O) groups excluding carboxylic acids is 1. The summed E-state index contributed by atoms with van der Waals surface area (Å²) in [6.07, 6.45) is 1.59. The number of hydrogen-bond donors (Lipinski definition) is 0. The molecule has 11 heteroatoms. The van der Waals surface area contributed by atoms with Gasteiger partial charge in [-0.05, 0) is 43.2 Å². The predicted molar refractivity (Wildman–Crippen MR) is 116 cm³/mol. The second-order valence-electron chi connectivity index (χ2n) is 7.26. The van der Waals surface area contributed by atoms with Crippen molar-refractivity contribution in [3.05, 3.63) is 53.9 Å². The highest BCUT2D eigenvalue weighted by Crippen LogP contribution is 2.30. The monoisotopic (exact) mass is 473 g/mol. The van der Waals surface area contributed by atoms with Crippen LogP contribution in [0.15, 0.2) is 51.9 Å². The number of sulfonamides is 1. The Hall–Kier alpha value is -3.44. The average molecular weight is 474 g/mol. The van der Waals surface area contributed by atoms with E-state index in [0.717, 1.165) is 12.8 Å². The predicted octanol–water partition coefficient (Wildman–Crippen LogP) is 2.90. The fraction of sp³-hybridized carbons (Fsp3) is 0.318. The van der Waals surface area contributed by atoms with Crippen LogP contribution in [0.1, 0.15) is 29.1 Å². The van der Waals surface area contributed by atoms with Crippen molar-refractivity contribution < 1.29 is 31.9 Å². The van der Waals surface area contributed by atoms with Gasteiger partial charge in [0.15, 0.2) is 6.61 Å². The lowest BCUT2D eigenvalue weighted by Gasteiger charge is -2.18. The van der Waals surface area contributed by atoms with Gasteiger partial charge < -0.3 is 18.7 Å². The molecule has 4 rings (SSSR count). The highest BCUT2D eigenvalue weighted by molar-refractivity contribution is 7.89. The molecule has 174 valence electrons. The second-order valence-corrected chi connectivity index (χ2v) is 9.17. The summed E-state index contributed by atoms with van der Waals surface area (Å²) in [7, 11) is -0.874. The Labute approximate surface area is 191 Å². The lowest BCUT2D eigenvalue weighted by Crippen LogP contribution is -2.28. The topological polar surface area (TPSA) is 121 Å². The summed E-state index contributed by atoms with van der Waals surface area (Å²) in [5, 5.41) is 3.90. The van der Waals surface area contributed by atoms with Crippen LogP contribution in [0.4, 0.5) is 0 Å². The second kappa shape index (κ2) is 9.59. The van der Waals surface area contributed by atoms with Gasteiger partial charge in [0.1, 0.15) is 16.4 Å². The molecule has 2 heterocycles. The first-order valence-corrected chi connectivity index (χ1v) is 11.7. The maximum Gasteiger partial charge on any atom is 0.338 e. The Morgan fingerprint density at radius 1 is 1.06 bits per heavy atom. The number of methoxy groups -OCH3 is 2. The Morgan fingerprint density at radius 3 is 2.52 bits per heavy atom. The van der Waals surface area contributed by atoms with Gasteiger partial charge >= 0.3 is 5.97 Å². The highest BCUT2D eigenvalue weighted by Gasteiger charge is 2.31. The Bertz CT molecular complexity index is 1250. The molecular weight excluding hydrogens is 450 g/mol. The smallest absolute Gasteiger partial charge is 0.338 e. The number of esters is 1. The maximum atomic E-state index is 13.0. The van der Waals surface area contributed by atoms with E-state index >= 15 is 0 Å². The van der Waals surface area contributed by atoms with E-state index in [1.54, 1.807) is 12.1 Å². The van der Waals surface area contributed by atoms with Crippen LogP contribution in [0.2, 0.25) is 0 Å². The fourth-order valence-electron chi connectivity index (χ4n) is 3.54. The van der Waals surface area contributed by atoms with E-state index in [0.29, 0.717) is 30.2 Å². The lowest BCUT2D eigenvalue weighted by molar-refractivity contribution is 0.0429. The number of benzene rings is 2. The molecule has 0 bridgehead atoms. The van der Waals surface area contributed by atoms with Crippen molar-refractivity contribution in [3.63, 3.8) is 0 Å². The van der Waals surface area contributed by atoms with Crippen LogP contribution < -0.4 is 9.47 Å². The number of hydrogen-bond acceptors (Lipinski definition) is 9. The van der Waals surface area contributed by atoms with Crippen LogP contribution in [0, 0.1) is 0 Å². The molecule has 0 spiro atoms. The molecule has 0 aliphatic carbocycles. The molecule has 33 heavy (non-hydrogen) atoms. The van der Waals surface area contributed by atoms with Gasteiger partial charge in [-0.3, -0.25) is 0 Å². The first-order chi connectivity index (χ1) is 15.9. The summed E-state index contributed by atoms with van der Waals surface area (Å²) in [5.74, 6) is 0.390. The minimum atomic E-state index is -3.79. The van der Waals surface area contributed by atoms with Gasteiger partial charge in [-0.1, -0.05) is 17.3 Å². The maximum absolute atomic E-state index is 13.0. The van der Waals surface area contributed by atoms with E-state index in [9.17, 15) is 13.2 Å². The number of para-hydroxylation sites is 1. The molecule has 0 N–H and O–H groups in total. The van der Waals surface area contributed by atoms with E-state index in [1.807, 2.05) is 12.1 Å². The zero-order valence-corrected chi connectivity index (χ0v) is 19.0. The third kappa shape index (κ3) is 4.69. The lowest BCUT2D eigenvalue weighted by atomic mass is 10.2. The van der Waals surface area contributed by atoms with Crippen molar-refractivity contribution in [2.75, 3.05) is 27.3 Å². The summed E-state index contributed by atoms with van der Waals surface area (Å²) < 4.78 is 48.4. The molecule has 0 saturated carbocycles. The first kappa shape index (κ1) is 22.7. The third-order valence-electron chi connectivity index (χ3n) is 5.22. The number of aromatic nitrogens is 2. The van der Waals surface area contributed by atoms with E-state index < -0.39 is 16.0 Å². The number of rotatable bonds is 8. The molecule has 1 aromatic heterocycles. The van der Waals surface area contributed by atoms with E-state index in [1.165, 1.54) is 36.7 Å². The van der Waals surface area contributed by atoms with Gasteiger partial charge in [0.25, 0.3) is 5.89 Å². The summed E-state index contributed by atoms with van der Waals surface area (Å²) in [5.41, 5.74) is 0.700. The molecule has 1 aliphatic rings. The third-order valence-corrected chi connectivity index (χ3v) is 7.14. The zero-order valence-electron chi connectivity index (χ0n) is 18.2. The van der Waals surface area contributed by atoms with Crippen molar-refractivity contribution in [2.45, 2.75) is 24.3 Å². The number of nitrogens with zero attached hydrogens (tertiary/aromatic N) is 3. The van der Waals surface area contributed by atoms with Crippen molar-refractivity contribution in [2.24, 2.45) is 0 Å². The highest BCUT2D eigenvalue weighted by atomic mass is 32.2. The number of ether oxygens (including phenoxy) is 3. The molecule has 3 aromatic rings. The molecule has 1 saturated heterocycles. The first-order valence-electron chi connectivity index (χ1n) is 10.3. The normalized spacial score (nSPS) is 14.2. The van der Waals surface area contributed by atoms with Gasteiger partial charge in [-0.15, -0.1) is 0 Å². The molecule has 2 aromatic carbocycles. The van der Waals surface area contributed by atoms with Crippen LogP contribution >= 0.6 is 0 Å². The summed E-state index contributed by atoms with van der Waals surface area (Å²) in [6, 6.07) is 11.3. The van der Waals surface area contributed by atoms with Crippen molar-refractivity contribution >= 4 is 16.0 Å². The largest absolute Gasteiger partial charge is 0.496 e. The molecular formula is C22H23N3O7S. The van der Waals surface area contributed by atoms with Gasteiger partial charge in [-0.25, -0.2) is 13.2 Å². The average Bonchev–Trinajstić information content (AvgIpc) is 3.55. The van der Waals surface area contributed by atoms with Crippen molar-refractivity contribution in [1.29, 1.82) is 0 Å². The number of carbonyl (C=O) groups is 1. The fourth-order valence-corrected chi connectivity index (χ4v) is 5.23. The minimum Gasteiger partial charge on any atom is -0.496 e. The summed E-state index contributed by atoms with van der Waals surface area (Å²) >= 11 is 0. The van der Waals surface area contributed by atoms with E-state index in [4.69, 9.17) is 18.7 Å². The van der Waals surface area contributed by atoms with E-state index in [2.05, 4.69) is 10.1 Å². The SMILES string of the molecule is COc1ccccc1-c1noc(COC(=O)c2ccc(OC)c(S(=O)(=O)N3CCCC3)c2)n1. The molecule has 0 atom stereocenters. The van der Waals surface area contributed by atoms with Crippen molar-refractivity contribution in [1.82, 2.24) is 14.4 Å². The molecule has 0 amide bonds. The standard InChI is InChI=1S/C22H23N3O7S/c1-29-17-8-4-3-7-16(17)21-23-20(32-24-21)14-31-22(26)15-9-10-18(30-2)19(13-15)33(27,28)25-11-5-6-12-25/h3-4,7-10,13H,5-6,11-12,14H2,1-2H3. The Balaban J connectivity index is 1.50. The van der Waals surface area contributed by atoms with Crippen LogP contribution in [-0.2, 0) is 21.4 Å². The molecule has 1 fully saturated rings. The van der Waals surface area contributed by atoms with Gasteiger partial charge in [0.2, 0.25) is 15.8 Å². The Morgan fingerprint density at radius 2 is 1.79 bits per heavy atom. The molecule has 0 radical (unpaired) electrons. The molecule has 1 aliphatic heterocycles. The van der Waals surface area contributed by atoms with Gasteiger partial charge in [0.05, 0.1) is 25.3 Å². The minimum absolute atomic E-state index is 0.0676. The van der Waals surface area contributed by atoms with E-state index in [-0.39, 0.29) is 28.7 Å². The zero-order chi connectivity index (χ0) is 23.4. The van der Waals surface area contributed by atoms with Crippen LogP contribution in [0.25, 0.3) is 11.4 Å².